The van der Waals surface area contributed by atoms with Crippen molar-refractivity contribution in [3.63, 3.8) is 0 Å². The first kappa shape index (κ1) is 21.6. The lowest BCUT2D eigenvalue weighted by atomic mass is 10.1. The fraction of sp³-hybridized carbons (Fsp3) is 0.130. The van der Waals surface area contributed by atoms with Crippen LogP contribution in [0.5, 0.6) is 5.75 Å². The monoisotopic (exact) mass is 422 g/mol. The molecule has 0 aliphatic heterocycles. The van der Waals surface area contributed by atoms with Crippen LogP contribution in [0.1, 0.15) is 12.5 Å². The normalized spacial score (nSPS) is 10.4. The summed E-state index contributed by atoms with van der Waals surface area (Å²) < 4.78 is 30.1. The van der Waals surface area contributed by atoms with Crippen molar-refractivity contribution in [2.45, 2.75) is 13.3 Å². The number of aromatic nitrogens is 2. The van der Waals surface area contributed by atoms with E-state index < -0.39 is 17.8 Å². The molecule has 0 unspecified atom stereocenters. The number of carbonyl (C=O) groups is 2. The molecule has 158 valence electrons. The predicted molar refractivity (Wildman–Crippen MR) is 110 cm³/mol. The number of benzene rings is 2. The molecular weight excluding hydrogens is 403 g/mol. The molecule has 0 atom stereocenters. The Hall–Kier alpha value is -4.07. The van der Waals surface area contributed by atoms with Crippen LogP contribution >= 0.6 is 0 Å². The minimum atomic E-state index is -0.537. The van der Waals surface area contributed by atoms with E-state index in [4.69, 9.17) is 13.9 Å². The molecule has 0 saturated carbocycles. The van der Waals surface area contributed by atoms with Gasteiger partial charge in [0.2, 0.25) is 5.89 Å². The first-order valence-electron chi connectivity index (χ1n) is 9.27. The first-order chi connectivity index (χ1) is 14.9. The molecule has 0 aliphatic carbocycles. The third kappa shape index (κ3) is 5.51. The third-order valence-corrected chi connectivity index (χ3v) is 4.15. The summed E-state index contributed by atoms with van der Waals surface area (Å²) in [6, 6.07) is 11.0. The van der Waals surface area contributed by atoms with Gasteiger partial charge in [0, 0.05) is 23.6 Å². The van der Waals surface area contributed by atoms with Crippen molar-refractivity contribution in [2.24, 2.45) is 0 Å². The van der Waals surface area contributed by atoms with Gasteiger partial charge >= 0.3 is 11.9 Å². The Labute approximate surface area is 177 Å². The highest BCUT2D eigenvalue weighted by Crippen LogP contribution is 2.27. The fourth-order valence-electron chi connectivity index (χ4n) is 2.52. The SMILES string of the molecule is C=CC(=O)OCCc1ccc(-c2nnc(-c3ccc(OC(=O)C(=C)C)cc3)o2)c(F)c1. The van der Waals surface area contributed by atoms with Crippen molar-refractivity contribution in [3.05, 3.63) is 78.7 Å². The molecule has 0 saturated heterocycles. The van der Waals surface area contributed by atoms with Crippen LogP contribution in [0.3, 0.4) is 0 Å². The van der Waals surface area contributed by atoms with E-state index in [2.05, 4.69) is 23.4 Å². The summed E-state index contributed by atoms with van der Waals surface area (Å²) in [7, 11) is 0. The Morgan fingerprint density at radius 2 is 1.84 bits per heavy atom. The molecule has 3 aromatic rings. The average molecular weight is 422 g/mol. The van der Waals surface area contributed by atoms with Crippen molar-refractivity contribution >= 4 is 11.9 Å². The number of nitrogens with zero attached hydrogens (tertiary/aromatic N) is 2. The molecule has 31 heavy (non-hydrogen) atoms. The molecule has 7 nitrogen and oxygen atoms in total. The Kier molecular flexibility index (Phi) is 6.71. The first-order valence-corrected chi connectivity index (χ1v) is 9.27. The number of esters is 2. The summed E-state index contributed by atoms with van der Waals surface area (Å²) in [4.78, 5) is 22.6. The predicted octanol–water partition coefficient (Wildman–Crippen LogP) is 4.30. The number of halogens is 1. The van der Waals surface area contributed by atoms with E-state index in [1.165, 1.54) is 12.1 Å². The van der Waals surface area contributed by atoms with Crippen LogP contribution in [0.15, 0.2) is 71.7 Å². The van der Waals surface area contributed by atoms with Gasteiger partial charge < -0.3 is 13.9 Å². The zero-order valence-corrected chi connectivity index (χ0v) is 16.8. The maximum Gasteiger partial charge on any atom is 0.338 e. The molecule has 2 aromatic carbocycles. The summed E-state index contributed by atoms with van der Waals surface area (Å²) in [6.45, 7) is 8.51. The van der Waals surface area contributed by atoms with Crippen LogP contribution in [0.25, 0.3) is 22.9 Å². The van der Waals surface area contributed by atoms with Crippen LogP contribution in [0.4, 0.5) is 4.39 Å². The molecule has 0 fully saturated rings. The van der Waals surface area contributed by atoms with Gasteiger partial charge in [0.05, 0.1) is 12.2 Å². The largest absolute Gasteiger partial charge is 0.462 e. The number of hydrogen-bond donors (Lipinski definition) is 0. The van der Waals surface area contributed by atoms with Crippen LogP contribution < -0.4 is 4.74 Å². The zero-order valence-electron chi connectivity index (χ0n) is 16.8. The van der Waals surface area contributed by atoms with Gasteiger partial charge in [-0.3, -0.25) is 0 Å². The smallest absolute Gasteiger partial charge is 0.338 e. The minimum absolute atomic E-state index is 0.0231. The maximum absolute atomic E-state index is 14.5. The number of carbonyl (C=O) groups excluding carboxylic acids is 2. The van der Waals surface area contributed by atoms with E-state index in [9.17, 15) is 14.0 Å². The van der Waals surface area contributed by atoms with Crippen LogP contribution in [0.2, 0.25) is 0 Å². The van der Waals surface area contributed by atoms with Gasteiger partial charge in [0.1, 0.15) is 11.6 Å². The van der Waals surface area contributed by atoms with Crippen molar-refractivity contribution in [1.82, 2.24) is 10.2 Å². The van der Waals surface area contributed by atoms with Gasteiger partial charge in [0.15, 0.2) is 0 Å². The van der Waals surface area contributed by atoms with Crippen molar-refractivity contribution in [3.8, 4) is 28.7 Å². The third-order valence-electron chi connectivity index (χ3n) is 4.15. The lowest BCUT2D eigenvalue weighted by Gasteiger charge is -2.05. The van der Waals surface area contributed by atoms with Gasteiger partial charge in [-0.1, -0.05) is 19.2 Å². The minimum Gasteiger partial charge on any atom is -0.462 e. The summed E-state index contributed by atoms with van der Waals surface area (Å²) in [6.07, 6.45) is 1.42. The molecule has 0 spiro atoms. The van der Waals surface area contributed by atoms with E-state index in [0.29, 0.717) is 23.3 Å². The Balaban J connectivity index is 1.70. The lowest BCUT2D eigenvalue weighted by molar-refractivity contribution is -0.137. The van der Waals surface area contributed by atoms with Crippen LogP contribution in [-0.2, 0) is 20.7 Å². The zero-order chi connectivity index (χ0) is 22.4. The highest BCUT2D eigenvalue weighted by atomic mass is 19.1. The van der Waals surface area contributed by atoms with Crippen molar-refractivity contribution < 1.29 is 27.9 Å². The number of ether oxygens (including phenoxy) is 2. The Morgan fingerprint density at radius 1 is 1.13 bits per heavy atom. The van der Waals surface area contributed by atoms with E-state index in [1.807, 2.05) is 0 Å². The second-order valence-electron chi connectivity index (χ2n) is 6.54. The van der Waals surface area contributed by atoms with Gasteiger partial charge in [-0.2, -0.15) is 0 Å². The van der Waals surface area contributed by atoms with E-state index in [-0.39, 0.29) is 29.5 Å². The topological polar surface area (TPSA) is 91.5 Å². The average Bonchev–Trinajstić information content (AvgIpc) is 3.24. The Bertz CT molecular complexity index is 1140. The summed E-state index contributed by atoms with van der Waals surface area (Å²) in [5.41, 5.74) is 1.67. The van der Waals surface area contributed by atoms with Gasteiger partial charge in [0.25, 0.3) is 5.89 Å². The summed E-state index contributed by atoms with van der Waals surface area (Å²) >= 11 is 0. The van der Waals surface area contributed by atoms with Crippen LogP contribution in [0, 0.1) is 5.82 Å². The maximum atomic E-state index is 14.5. The molecule has 3 rings (SSSR count). The molecule has 0 radical (unpaired) electrons. The van der Waals surface area contributed by atoms with Crippen molar-refractivity contribution in [2.75, 3.05) is 6.61 Å². The number of rotatable bonds is 8. The quantitative estimate of drug-likeness (QED) is 0.304. The molecule has 0 N–H and O–H groups in total. The summed E-state index contributed by atoms with van der Waals surface area (Å²) in [5.74, 6) is -1.03. The van der Waals surface area contributed by atoms with Crippen molar-refractivity contribution in [1.29, 1.82) is 0 Å². The van der Waals surface area contributed by atoms with E-state index in [1.54, 1.807) is 37.3 Å². The summed E-state index contributed by atoms with van der Waals surface area (Å²) in [5, 5.41) is 7.86. The second-order valence-corrected chi connectivity index (χ2v) is 6.54. The highest BCUT2D eigenvalue weighted by Gasteiger charge is 2.15. The van der Waals surface area contributed by atoms with E-state index in [0.717, 1.165) is 6.08 Å². The Morgan fingerprint density at radius 3 is 2.48 bits per heavy atom. The fourth-order valence-corrected chi connectivity index (χ4v) is 2.52. The molecule has 0 aliphatic rings. The van der Waals surface area contributed by atoms with Gasteiger partial charge in [-0.15, -0.1) is 10.2 Å². The molecule has 0 bridgehead atoms. The molecule has 8 heteroatoms. The molecule has 1 heterocycles. The molecule has 0 amide bonds. The van der Waals surface area contributed by atoms with Crippen LogP contribution in [-0.4, -0.2) is 28.7 Å². The molecular formula is C23H19FN2O5. The van der Waals surface area contributed by atoms with Gasteiger partial charge in [-0.25, -0.2) is 14.0 Å². The molecule has 1 aromatic heterocycles. The lowest BCUT2D eigenvalue weighted by Crippen LogP contribution is -2.07. The van der Waals surface area contributed by atoms with E-state index >= 15 is 0 Å². The number of hydrogen-bond acceptors (Lipinski definition) is 7. The second kappa shape index (κ2) is 9.62. The standard InChI is InChI=1S/C23H19FN2O5/c1-4-20(27)29-12-11-15-5-10-18(19(24)13-15)22-26-25-21(31-22)16-6-8-17(9-7-16)30-23(28)14(2)3/h4-10,13H,1-2,11-12H2,3H3. The van der Waals surface area contributed by atoms with Gasteiger partial charge in [-0.05, 0) is 48.9 Å². The highest BCUT2D eigenvalue weighted by molar-refractivity contribution is 5.88.